The van der Waals surface area contributed by atoms with Gasteiger partial charge in [-0.2, -0.15) is 4.31 Å². The van der Waals surface area contributed by atoms with Crippen LogP contribution in [0, 0.1) is 0 Å². The Morgan fingerprint density at radius 3 is 2.36 bits per heavy atom. The van der Waals surface area contributed by atoms with Gasteiger partial charge in [-0.05, 0) is 75.4 Å². The summed E-state index contributed by atoms with van der Waals surface area (Å²) in [5, 5.41) is 0. The quantitative estimate of drug-likeness (QED) is 0.776. The van der Waals surface area contributed by atoms with Crippen LogP contribution in [0.4, 0.5) is 5.69 Å². The third-order valence-electron chi connectivity index (χ3n) is 6.52. The monoisotopic (exact) mass is 405 g/mol. The SMILES string of the molecule is CC(=O)N1CCCc2cc(S(=O)(=O)N3CCC(N4CCCCC4)CC3)ccc21. The average molecular weight is 406 g/mol. The molecule has 0 aromatic heterocycles. The molecule has 2 fully saturated rings. The third kappa shape index (κ3) is 3.84. The summed E-state index contributed by atoms with van der Waals surface area (Å²) >= 11 is 0. The van der Waals surface area contributed by atoms with E-state index < -0.39 is 10.0 Å². The van der Waals surface area contributed by atoms with Crippen molar-refractivity contribution < 1.29 is 13.2 Å². The van der Waals surface area contributed by atoms with Gasteiger partial charge in [-0.15, -0.1) is 0 Å². The van der Waals surface area contributed by atoms with Gasteiger partial charge in [0.1, 0.15) is 0 Å². The lowest BCUT2D eigenvalue weighted by atomic mass is 10.0. The molecule has 2 saturated heterocycles. The molecule has 4 rings (SSSR count). The van der Waals surface area contributed by atoms with Crippen molar-refractivity contribution in [2.24, 2.45) is 0 Å². The first-order valence-electron chi connectivity index (χ1n) is 10.6. The smallest absolute Gasteiger partial charge is 0.243 e. The van der Waals surface area contributed by atoms with Crippen LogP contribution in [-0.2, 0) is 21.2 Å². The van der Waals surface area contributed by atoms with Crippen LogP contribution in [0.5, 0.6) is 0 Å². The molecule has 0 atom stereocenters. The summed E-state index contributed by atoms with van der Waals surface area (Å²) in [7, 11) is -3.48. The van der Waals surface area contributed by atoms with Crippen LogP contribution < -0.4 is 4.90 Å². The van der Waals surface area contributed by atoms with Gasteiger partial charge in [-0.3, -0.25) is 4.79 Å². The Kier molecular flexibility index (Phi) is 5.76. The van der Waals surface area contributed by atoms with Crippen LogP contribution in [-0.4, -0.2) is 62.3 Å². The van der Waals surface area contributed by atoms with Gasteiger partial charge in [-0.25, -0.2) is 8.42 Å². The fraction of sp³-hybridized carbons (Fsp3) is 0.667. The van der Waals surface area contributed by atoms with E-state index in [1.807, 2.05) is 6.07 Å². The van der Waals surface area contributed by atoms with Crippen molar-refractivity contribution in [3.05, 3.63) is 23.8 Å². The Balaban J connectivity index is 1.47. The molecule has 0 spiro atoms. The molecule has 154 valence electrons. The normalized spacial score (nSPS) is 22.8. The number of benzene rings is 1. The van der Waals surface area contributed by atoms with Gasteiger partial charge < -0.3 is 9.80 Å². The number of amides is 1. The van der Waals surface area contributed by atoms with E-state index in [0.717, 1.165) is 50.0 Å². The Bertz CT molecular complexity index is 825. The number of aryl methyl sites for hydroxylation is 1. The Morgan fingerprint density at radius 1 is 0.964 bits per heavy atom. The molecule has 0 radical (unpaired) electrons. The standard InChI is InChI=1S/C21H31N3O3S/c1-17(25)24-13-5-6-18-16-20(7-8-21(18)24)28(26,27)23-14-9-19(10-15-23)22-11-3-2-4-12-22/h7-8,16,19H,2-6,9-15H2,1H3. The van der Waals surface area contributed by atoms with E-state index in [4.69, 9.17) is 0 Å². The number of likely N-dealkylation sites (tertiary alicyclic amines) is 1. The topological polar surface area (TPSA) is 60.9 Å². The van der Waals surface area contributed by atoms with Crippen molar-refractivity contribution in [3.8, 4) is 0 Å². The van der Waals surface area contributed by atoms with Gasteiger partial charge in [0.25, 0.3) is 0 Å². The molecule has 7 heteroatoms. The van der Waals surface area contributed by atoms with Crippen molar-refractivity contribution in [1.29, 1.82) is 0 Å². The van der Waals surface area contributed by atoms with Crippen molar-refractivity contribution in [2.45, 2.75) is 62.8 Å². The van der Waals surface area contributed by atoms with Gasteiger partial charge in [0.2, 0.25) is 15.9 Å². The number of hydrogen-bond donors (Lipinski definition) is 0. The number of carbonyl (C=O) groups is 1. The van der Waals surface area contributed by atoms with Crippen LogP contribution in [0.2, 0.25) is 0 Å². The highest BCUT2D eigenvalue weighted by Gasteiger charge is 2.33. The molecule has 1 aromatic carbocycles. The molecule has 3 heterocycles. The number of nitrogens with zero attached hydrogens (tertiary/aromatic N) is 3. The summed E-state index contributed by atoms with van der Waals surface area (Å²) in [5.74, 6) is 0.0105. The maximum atomic E-state index is 13.2. The summed E-state index contributed by atoms with van der Waals surface area (Å²) in [6, 6.07) is 5.80. The molecule has 28 heavy (non-hydrogen) atoms. The predicted molar refractivity (Wildman–Crippen MR) is 110 cm³/mol. The highest BCUT2D eigenvalue weighted by atomic mass is 32.2. The van der Waals surface area contributed by atoms with Crippen LogP contribution in [0.25, 0.3) is 0 Å². The predicted octanol–water partition coefficient (Wildman–Crippen LogP) is 2.62. The van der Waals surface area contributed by atoms with Gasteiger partial charge in [0, 0.05) is 38.3 Å². The minimum absolute atomic E-state index is 0.0105. The summed E-state index contributed by atoms with van der Waals surface area (Å²) in [5.41, 5.74) is 1.83. The number of sulfonamides is 1. The second kappa shape index (κ2) is 8.13. The fourth-order valence-corrected chi connectivity index (χ4v) is 6.46. The summed E-state index contributed by atoms with van der Waals surface area (Å²) in [4.78, 5) is 16.5. The minimum Gasteiger partial charge on any atom is -0.312 e. The van der Waals surface area contributed by atoms with Crippen molar-refractivity contribution in [1.82, 2.24) is 9.21 Å². The highest BCUT2D eigenvalue weighted by Crippen LogP contribution is 2.31. The molecule has 3 aliphatic rings. The number of anilines is 1. The van der Waals surface area contributed by atoms with Crippen LogP contribution in [0.1, 0.15) is 51.0 Å². The third-order valence-corrected chi connectivity index (χ3v) is 8.41. The molecule has 0 aliphatic carbocycles. The molecular formula is C21H31N3O3S. The largest absolute Gasteiger partial charge is 0.312 e. The lowest BCUT2D eigenvalue weighted by molar-refractivity contribution is -0.116. The second-order valence-corrected chi connectivity index (χ2v) is 10.2. The first kappa shape index (κ1) is 19.9. The van der Waals surface area contributed by atoms with Crippen LogP contribution in [0.3, 0.4) is 0 Å². The van der Waals surface area contributed by atoms with Crippen LogP contribution in [0.15, 0.2) is 23.1 Å². The second-order valence-electron chi connectivity index (χ2n) is 8.30. The molecule has 6 nitrogen and oxygen atoms in total. The zero-order valence-corrected chi connectivity index (χ0v) is 17.6. The molecule has 0 saturated carbocycles. The van der Waals surface area contributed by atoms with Crippen LogP contribution >= 0.6 is 0 Å². The van der Waals surface area contributed by atoms with E-state index in [0.29, 0.717) is 30.6 Å². The van der Waals surface area contributed by atoms with E-state index >= 15 is 0 Å². The van der Waals surface area contributed by atoms with E-state index in [-0.39, 0.29) is 5.91 Å². The number of carbonyl (C=O) groups excluding carboxylic acids is 1. The zero-order valence-electron chi connectivity index (χ0n) is 16.8. The molecule has 3 aliphatic heterocycles. The highest BCUT2D eigenvalue weighted by molar-refractivity contribution is 7.89. The maximum Gasteiger partial charge on any atom is 0.243 e. The van der Waals surface area contributed by atoms with E-state index in [1.54, 1.807) is 28.3 Å². The molecular weight excluding hydrogens is 374 g/mol. The van der Waals surface area contributed by atoms with Gasteiger partial charge in [0.15, 0.2) is 0 Å². The number of hydrogen-bond acceptors (Lipinski definition) is 4. The minimum atomic E-state index is -3.48. The Hall–Kier alpha value is -1.44. The fourth-order valence-electron chi connectivity index (χ4n) is 4.94. The molecule has 1 aromatic rings. The first-order valence-corrected chi connectivity index (χ1v) is 12.1. The number of rotatable bonds is 3. The Labute approximate surface area is 168 Å². The number of fused-ring (bicyclic) bond motifs is 1. The van der Waals surface area contributed by atoms with Crippen molar-refractivity contribution in [3.63, 3.8) is 0 Å². The first-order chi connectivity index (χ1) is 13.5. The molecule has 0 bridgehead atoms. The zero-order chi connectivity index (χ0) is 19.7. The summed E-state index contributed by atoms with van der Waals surface area (Å²) in [6.07, 6.45) is 7.39. The Morgan fingerprint density at radius 2 is 1.68 bits per heavy atom. The van der Waals surface area contributed by atoms with E-state index in [1.165, 1.54) is 19.3 Å². The van der Waals surface area contributed by atoms with Gasteiger partial charge in [0.05, 0.1) is 4.90 Å². The average Bonchev–Trinajstić information content (AvgIpc) is 2.73. The van der Waals surface area contributed by atoms with E-state index in [2.05, 4.69) is 4.90 Å². The lowest BCUT2D eigenvalue weighted by Crippen LogP contribution is -2.48. The summed E-state index contributed by atoms with van der Waals surface area (Å²) in [6.45, 7) is 5.79. The maximum absolute atomic E-state index is 13.2. The van der Waals surface area contributed by atoms with Gasteiger partial charge in [-0.1, -0.05) is 6.42 Å². The summed E-state index contributed by atoms with van der Waals surface area (Å²) < 4.78 is 28.1. The molecule has 0 N–H and O–H groups in total. The van der Waals surface area contributed by atoms with Crippen molar-refractivity contribution in [2.75, 3.05) is 37.6 Å². The molecule has 1 amide bonds. The number of piperidine rings is 2. The van der Waals surface area contributed by atoms with Crippen molar-refractivity contribution >= 4 is 21.6 Å². The van der Waals surface area contributed by atoms with E-state index in [9.17, 15) is 13.2 Å². The van der Waals surface area contributed by atoms with Gasteiger partial charge >= 0.3 is 0 Å². The molecule has 0 unspecified atom stereocenters. The lowest BCUT2D eigenvalue weighted by Gasteiger charge is -2.39.